The lowest BCUT2D eigenvalue weighted by Gasteiger charge is -2.25. The van der Waals surface area contributed by atoms with Crippen LogP contribution in [0.1, 0.15) is 41.6 Å². The van der Waals surface area contributed by atoms with E-state index >= 15 is 0 Å². The quantitative estimate of drug-likeness (QED) is 0.337. The average Bonchev–Trinajstić information content (AvgIpc) is 2.85. The third-order valence-electron chi connectivity index (χ3n) is 5.17. The molecule has 10 heteroatoms. The van der Waals surface area contributed by atoms with Crippen molar-refractivity contribution in [2.75, 3.05) is 28.4 Å². The SMILES string of the molecule is COC(=O)c1cc2c3c(c(C(=O)OC)c(C(=O)OC)nc3c1C(=O)OC)Oc1ccccc1-2. The van der Waals surface area contributed by atoms with Gasteiger partial charge < -0.3 is 23.7 Å². The number of methoxy groups -OCH3 is 4. The van der Waals surface area contributed by atoms with Gasteiger partial charge >= 0.3 is 23.9 Å². The first kappa shape index (κ1) is 21.8. The van der Waals surface area contributed by atoms with E-state index in [1.165, 1.54) is 6.07 Å². The zero-order valence-corrected chi connectivity index (χ0v) is 18.0. The molecule has 0 aliphatic carbocycles. The maximum Gasteiger partial charge on any atom is 0.357 e. The van der Waals surface area contributed by atoms with E-state index in [0.29, 0.717) is 16.9 Å². The molecule has 3 aromatic rings. The summed E-state index contributed by atoms with van der Waals surface area (Å²) in [5.41, 5.74) is -0.225. The van der Waals surface area contributed by atoms with Crippen LogP contribution in [0.2, 0.25) is 0 Å². The fourth-order valence-corrected chi connectivity index (χ4v) is 3.73. The molecular weight excluding hydrogens is 434 g/mol. The van der Waals surface area contributed by atoms with Crippen LogP contribution in [0.4, 0.5) is 0 Å². The van der Waals surface area contributed by atoms with Gasteiger partial charge in [0.05, 0.1) is 44.9 Å². The number of hydrogen-bond donors (Lipinski definition) is 0. The Hall–Kier alpha value is -4.47. The molecule has 0 radical (unpaired) electrons. The molecule has 10 nitrogen and oxygen atoms in total. The Balaban J connectivity index is 2.30. The standard InChI is InChI=1S/C23H17NO9/c1-29-20(25)12-9-11-10-7-5-6-8-13(10)33-19-14(11)17(15(12)21(26)30-2)24-18(23(28)32-4)16(19)22(27)31-3/h5-9H,1-4H3. The first-order valence-corrected chi connectivity index (χ1v) is 9.53. The Labute approximate surface area is 187 Å². The highest BCUT2D eigenvalue weighted by molar-refractivity contribution is 6.20. The summed E-state index contributed by atoms with van der Waals surface area (Å²) in [5, 5.41) is 0.217. The van der Waals surface area contributed by atoms with Gasteiger partial charge in [-0.05, 0) is 17.7 Å². The lowest BCUT2D eigenvalue weighted by molar-refractivity contribution is 0.0547. The van der Waals surface area contributed by atoms with Crippen molar-refractivity contribution in [2.24, 2.45) is 0 Å². The first-order valence-electron chi connectivity index (χ1n) is 9.53. The molecule has 0 atom stereocenters. The second-order valence-electron chi connectivity index (χ2n) is 6.80. The number of carbonyl (C=O) groups is 4. The van der Waals surface area contributed by atoms with Gasteiger partial charge in [-0.25, -0.2) is 24.2 Å². The van der Waals surface area contributed by atoms with Crippen LogP contribution in [0.5, 0.6) is 11.5 Å². The summed E-state index contributed by atoms with van der Waals surface area (Å²) in [6, 6.07) is 8.28. The molecule has 2 aromatic carbocycles. The van der Waals surface area contributed by atoms with Crippen molar-refractivity contribution in [3.05, 3.63) is 52.7 Å². The van der Waals surface area contributed by atoms with Crippen LogP contribution in [0.15, 0.2) is 30.3 Å². The topological polar surface area (TPSA) is 127 Å². The third-order valence-corrected chi connectivity index (χ3v) is 5.17. The van der Waals surface area contributed by atoms with E-state index in [-0.39, 0.29) is 33.3 Å². The highest BCUT2D eigenvalue weighted by Crippen LogP contribution is 2.49. The summed E-state index contributed by atoms with van der Waals surface area (Å²) in [4.78, 5) is 54.9. The number of pyridine rings is 1. The van der Waals surface area contributed by atoms with Crippen molar-refractivity contribution in [3.63, 3.8) is 0 Å². The molecule has 0 spiro atoms. The Morgan fingerprint density at radius 3 is 2.00 bits per heavy atom. The van der Waals surface area contributed by atoms with Gasteiger partial charge in [-0.15, -0.1) is 0 Å². The van der Waals surface area contributed by atoms with Crippen molar-refractivity contribution in [3.8, 4) is 22.6 Å². The Bertz CT molecular complexity index is 1360. The molecule has 0 amide bonds. The third kappa shape index (κ3) is 3.23. The molecule has 0 saturated heterocycles. The van der Waals surface area contributed by atoms with E-state index in [1.807, 2.05) is 0 Å². The van der Waals surface area contributed by atoms with Gasteiger partial charge in [0.25, 0.3) is 0 Å². The summed E-state index contributed by atoms with van der Waals surface area (Å²) >= 11 is 0. The highest BCUT2D eigenvalue weighted by atomic mass is 16.5. The van der Waals surface area contributed by atoms with Crippen LogP contribution >= 0.6 is 0 Å². The molecule has 1 aliphatic rings. The number of ether oxygens (including phenoxy) is 5. The molecule has 0 fully saturated rings. The minimum atomic E-state index is -0.975. The normalized spacial score (nSPS) is 11.2. The first-order chi connectivity index (χ1) is 15.9. The maximum atomic E-state index is 12.8. The molecule has 0 bridgehead atoms. The molecule has 2 heterocycles. The maximum absolute atomic E-state index is 12.8. The summed E-state index contributed by atoms with van der Waals surface area (Å²) in [7, 11) is 4.54. The molecule has 1 aromatic heterocycles. The smallest absolute Gasteiger partial charge is 0.357 e. The van der Waals surface area contributed by atoms with E-state index in [4.69, 9.17) is 23.7 Å². The van der Waals surface area contributed by atoms with Crippen molar-refractivity contribution in [1.29, 1.82) is 0 Å². The van der Waals surface area contributed by atoms with E-state index in [1.54, 1.807) is 24.3 Å². The van der Waals surface area contributed by atoms with Gasteiger partial charge in [0.2, 0.25) is 0 Å². The summed E-state index contributed by atoms with van der Waals surface area (Å²) < 4.78 is 25.4. The number of rotatable bonds is 4. The Kier molecular flexibility index (Phi) is 5.42. The summed E-state index contributed by atoms with van der Waals surface area (Å²) in [6.07, 6.45) is 0. The minimum absolute atomic E-state index is 0.0671. The number of aromatic nitrogens is 1. The van der Waals surface area contributed by atoms with Crippen LogP contribution < -0.4 is 4.74 Å². The van der Waals surface area contributed by atoms with E-state index in [9.17, 15) is 19.2 Å². The van der Waals surface area contributed by atoms with Crippen LogP contribution in [-0.4, -0.2) is 57.3 Å². The molecule has 1 aliphatic heterocycles. The second kappa shape index (κ2) is 8.23. The molecule has 33 heavy (non-hydrogen) atoms. The number of carbonyl (C=O) groups excluding carboxylic acids is 4. The van der Waals surface area contributed by atoms with Gasteiger partial charge in [-0.1, -0.05) is 18.2 Å². The van der Waals surface area contributed by atoms with E-state index in [2.05, 4.69) is 4.98 Å². The number of nitrogens with zero attached hydrogens (tertiary/aromatic N) is 1. The molecule has 168 valence electrons. The summed E-state index contributed by atoms with van der Waals surface area (Å²) in [5.74, 6) is -3.32. The lowest BCUT2D eigenvalue weighted by atomic mass is 9.89. The number of fused-ring (bicyclic) bond motifs is 2. The Morgan fingerprint density at radius 2 is 1.36 bits per heavy atom. The molecule has 4 rings (SSSR count). The predicted molar refractivity (Wildman–Crippen MR) is 113 cm³/mol. The van der Waals surface area contributed by atoms with Crippen LogP contribution in [0.3, 0.4) is 0 Å². The zero-order valence-electron chi connectivity index (χ0n) is 18.0. The number of esters is 4. The van der Waals surface area contributed by atoms with Crippen molar-refractivity contribution < 1.29 is 42.9 Å². The molecular formula is C23H17NO9. The van der Waals surface area contributed by atoms with Gasteiger partial charge in [0.15, 0.2) is 11.4 Å². The van der Waals surface area contributed by atoms with Gasteiger partial charge in [-0.3, -0.25) is 0 Å². The van der Waals surface area contributed by atoms with Gasteiger partial charge in [0.1, 0.15) is 16.9 Å². The lowest BCUT2D eigenvalue weighted by Crippen LogP contribution is -2.20. The van der Waals surface area contributed by atoms with E-state index < -0.39 is 29.6 Å². The molecule has 0 unspecified atom stereocenters. The minimum Gasteiger partial charge on any atom is -0.465 e. The summed E-state index contributed by atoms with van der Waals surface area (Å²) in [6.45, 7) is 0. The number of para-hydroxylation sites is 1. The van der Waals surface area contributed by atoms with Crippen LogP contribution in [0, 0.1) is 0 Å². The van der Waals surface area contributed by atoms with Crippen molar-refractivity contribution in [1.82, 2.24) is 4.98 Å². The fourth-order valence-electron chi connectivity index (χ4n) is 3.73. The van der Waals surface area contributed by atoms with E-state index in [0.717, 1.165) is 28.4 Å². The van der Waals surface area contributed by atoms with Gasteiger partial charge in [-0.2, -0.15) is 0 Å². The zero-order chi connectivity index (χ0) is 23.9. The fraction of sp³-hybridized carbons (Fsp3) is 0.174. The molecule has 0 N–H and O–H groups in total. The monoisotopic (exact) mass is 451 g/mol. The predicted octanol–water partition coefficient (Wildman–Crippen LogP) is 3.15. The largest absolute Gasteiger partial charge is 0.465 e. The number of hydrogen-bond acceptors (Lipinski definition) is 10. The average molecular weight is 451 g/mol. The van der Waals surface area contributed by atoms with Crippen LogP contribution in [-0.2, 0) is 18.9 Å². The number of benzene rings is 2. The van der Waals surface area contributed by atoms with Gasteiger partial charge in [0, 0.05) is 5.56 Å². The Morgan fingerprint density at radius 1 is 0.758 bits per heavy atom. The molecule has 0 saturated carbocycles. The second-order valence-corrected chi connectivity index (χ2v) is 6.80. The van der Waals surface area contributed by atoms with Crippen molar-refractivity contribution >= 4 is 34.8 Å². The van der Waals surface area contributed by atoms with Crippen molar-refractivity contribution in [2.45, 2.75) is 0 Å². The van der Waals surface area contributed by atoms with Crippen LogP contribution in [0.25, 0.3) is 22.0 Å². The highest BCUT2D eigenvalue weighted by Gasteiger charge is 2.36.